The maximum Gasteiger partial charge on any atom is 0.237 e. The number of benzene rings is 1. The van der Waals surface area contributed by atoms with Gasteiger partial charge in [0.1, 0.15) is 0 Å². The third-order valence-electron chi connectivity index (χ3n) is 3.14. The van der Waals surface area contributed by atoms with Crippen LogP contribution in [0.5, 0.6) is 0 Å². The summed E-state index contributed by atoms with van der Waals surface area (Å²) in [5, 5.41) is 4.00. The number of hydrogen-bond donors (Lipinski definition) is 3. The first-order valence-corrected chi connectivity index (χ1v) is 6.66. The lowest BCUT2D eigenvalue weighted by molar-refractivity contribution is -0.122. The van der Waals surface area contributed by atoms with Gasteiger partial charge in [0.25, 0.3) is 0 Å². The van der Waals surface area contributed by atoms with Crippen LogP contribution in [0.1, 0.15) is 19.4 Å². The van der Waals surface area contributed by atoms with E-state index >= 15 is 0 Å². The standard InChI is InChI=1S/C15H21N3O/c1-10(2)8-18-15(19)13(16)7-11-9-17-14-6-4-3-5-12(11)14/h3-6,9-10,13,17H,7-8,16H2,1-2H3,(H,18,19)/t13-/m0/s1. The number of aromatic amines is 1. The van der Waals surface area contributed by atoms with Gasteiger partial charge < -0.3 is 16.0 Å². The van der Waals surface area contributed by atoms with Crippen molar-refractivity contribution >= 4 is 16.8 Å². The van der Waals surface area contributed by atoms with E-state index in [1.165, 1.54) is 0 Å². The molecule has 0 aliphatic heterocycles. The average molecular weight is 259 g/mol. The topological polar surface area (TPSA) is 70.9 Å². The number of carbonyl (C=O) groups excluding carboxylic acids is 1. The molecule has 4 N–H and O–H groups in total. The SMILES string of the molecule is CC(C)CNC(=O)[C@@H](N)Cc1c[nH]c2ccccc12. The molecule has 0 bridgehead atoms. The van der Waals surface area contributed by atoms with E-state index in [-0.39, 0.29) is 5.91 Å². The summed E-state index contributed by atoms with van der Waals surface area (Å²) in [5.74, 6) is 0.350. The number of amides is 1. The van der Waals surface area contributed by atoms with Crippen molar-refractivity contribution in [3.05, 3.63) is 36.0 Å². The van der Waals surface area contributed by atoms with Gasteiger partial charge >= 0.3 is 0 Å². The summed E-state index contributed by atoms with van der Waals surface area (Å²) in [6.07, 6.45) is 2.48. The summed E-state index contributed by atoms with van der Waals surface area (Å²) in [7, 11) is 0. The van der Waals surface area contributed by atoms with Crippen LogP contribution in [0.25, 0.3) is 10.9 Å². The molecule has 1 amide bonds. The lowest BCUT2D eigenvalue weighted by atomic mass is 10.0. The van der Waals surface area contributed by atoms with Crippen molar-refractivity contribution in [3.63, 3.8) is 0 Å². The molecule has 0 spiro atoms. The van der Waals surface area contributed by atoms with Crippen LogP contribution in [0.4, 0.5) is 0 Å². The molecule has 0 aliphatic rings. The molecule has 19 heavy (non-hydrogen) atoms. The van der Waals surface area contributed by atoms with Gasteiger partial charge in [0.2, 0.25) is 5.91 Å². The van der Waals surface area contributed by atoms with Crippen LogP contribution in [-0.4, -0.2) is 23.5 Å². The maximum atomic E-state index is 11.9. The second-order valence-electron chi connectivity index (χ2n) is 5.31. The van der Waals surface area contributed by atoms with Gasteiger partial charge in [-0.1, -0.05) is 32.0 Å². The second-order valence-corrected chi connectivity index (χ2v) is 5.31. The van der Waals surface area contributed by atoms with Crippen LogP contribution in [0.2, 0.25) is 0 Å². The number of hydrogen-bond acceptors (Lipinski definition) is 2. The van der Waals surface area contributed by atoms with Crippen molar-refractivity contribution in [3.8, 4) is 0 Å². The lowest BCUT2D eigenvalue weighted by Crippen LogP contribution is -2.43. The number of H-pyrrole nitrogens is 1. The predicted molar refractivity (Wildman–Crippen MR) is 77.8 cm³/mol. The maximum absolute atomic E-state index is 11.9. The van der Waals surface area contributed by atoms with Crippen LogP contribution >= 0.6 is 0 Å². The number of nitrogens with one attached hydrogen (secondary N) is 2. The van der Waals surface area contributed by atoms with Gasteiger partial charge in [-0.25, -0.2) is 0 Å². The van der Waals surface area contributed by atoms with Crippen molar-refractivity contribution < 1.29 is 4.79 Å². The average Bonchev–Trinajstić information content (AvgIpc) is 2.79. The normalized spacial score (nSPS) is 12.8. The Kier molecular flexibility index (Phi) is 4.22. The molecule has 1 heterocycles. The largest absolute Gasteiger partial charge is 0.361 e. The molecule has 4 heteroatoms. The third kappa shape index (κ3) is 3.35. The van der Waals surface area contributed by atoms with Gasteiger partial charge in [-0.2, -0.15) is 0 Å². The summed E-state index contributed by atoms with van der Waals surface area (Å²) >= 11 is 0. The zero-order chi connectivity index (χ0) is 13.8. The van der Waals surface area contributed by atoms with Gasteiger partial charge in [-0.3, -0.25) is 4.79 Å². The highest BCUT2D eigenvalue weighted by Gasteiger charge is 2.15. The van der Waals surface area contributed by atoms with E-state index in [0.717, 1.165) is 16.5 Å². The fourth-order valence-corrected chi connectivity index (χ4v) is 2.07. The molecule has 0 aliphatic carbocycles. The van der Waals surface area contributed by atoms with Crippen molar-refractivity contribution in [1.82, 2.24) is 10.3 Å². The van der Waals surface area contributed by atoms with E-state index in [2.05, 4.69) is 24.1 Å². The van der Waals surface area contributed by atoms with Crippen LogP contribution in [-0.2, 0) is 11.2 Å². The highest BCUT2D eigenvalue weighted by molar-refractivity contribution is 5.86. The molecule has 1 aromatic carbocycles. The van der Waals surface area contributed by atoms with Gasteiger partial charge in [0.05, 0.1) is 6.04 Å². The van der Waals surface area contributed by atoms with Crippen LogP contribution in [0.15, 0.2) is 30.5 Å². The Balaban J connectivity index is 2.02. The molecule has 0 radical (unpaired) electrons. The summed E-state index contributed by atoms with van der Waals surface area (Å²) in [6, 6.07) is 7.53. The van der Waals surface area contributed by atoms with Gasteiger partial charge in [0, 0.05) is 23.6 Å². The molecule has 2 aromatic rings. The number of aromatic nitrogens is 1. The van der Waals surface area contributed by atoms with E-state index in [0.29, 0.717) is 18.9 Å². The third-order valence-corrected chi connectivity index (χ3v) is 3.14. The van der Waals surface area contributed by atoms with E-state index in [1.807, 2.05) is 30.5 Å². The Bertz CT molecular complexity index is 559. The van der Waals surface area contributed by atoms with Crippen molar-refractivity contribution in [2.45, 2.75) is 26.3 Å². The number of nitrogens with two attached hydrogens (primary N) is 1. The molecule has 0 fully saturated rings. The highest BCUT2D eigenvalue weighted by Crippen LogP contribution is 2.18. The minimum atomic E-state index is -0.502. The van der Waals surface area contributed by atoms with Crippen molar-refractivity contribution in [1.29, 1.82) is 0 Å². The van der Waals surface area contributed by atoms with Gasteiger partial charge in [-0.05, 0) is 24.0 Å². The minimum absolute atomic E-state index is 0.0843. The molecule has 0 saturated carbocycles. The summed E-state index contributed by atoms with van der Waals surface area (Å²) < 4.78 is 0. The highest BCUT2D eigenvalue weighted by atomic mass is 16.2. The molecule has 1 atom stereocenters. The van der Waals surface area contributed by atoms with E-state index in [4.69, 9.17) is 5.73 Å². The van der Waals surface area contributed by atoms with Crippen LogP contribution < -0.4 is 11.1 Å². The fraction of sp³-hybridized carbons (Fsp3) is 0.400. The Morgan fingerprint density at radius 2 is 2.11 bits per heavy atom. The van der Waals surface area contributed by atoms with E-state index in [1.54, 1.807) is 0 Å². The van der Waals surface area contributed by atoms with Crippen molar-refractivity contribution in [2.24, 2.45) is 11.7 Å². The summed E-state index contributed by atoms with van der Waals surface area (Å²) in [6.45, 7) is 4.79. The number of fused-ring (bicyclic) bond motifs is 1. The molecular formula is C15H21N3O. The first-order valence-electron chi connectivity index (χ1n) is 6.66. The number of rotatable bonds is 5. The zero-order valence-corrected chi connectivity index (χ0v) is 11.4. The molecular weight excluding hydrogens is 238 g/mol. The quantitative estimate of drug-likeness (QED) is 0.766. The number of carbonyl (C=O) groups is 1. The molecule has 0 saturated heterocycles. The Labute approximate surface area is 113 Å². The first kappa shape index (κ1) is 13.6. The van der Waals surface area contributed by atoms with Gasteiger partial charge in [-0.15, -0.1) is 0 Å². The Hall–Kier alpha value is -1.81. The summed E-state index contributed by atoms with van der Waals surface area (Å²) in [5.41, 5.74) is 8.12. The molecule has 0 unspecified atom stereocenters. The fourth-order valence-electron chi connectivity index (χ4n) is 2.07. The molecule has 102 valence electrons. The van der Waals surface area contributed by atoms with Crippen LogP contribution in [0, 0.1) is 5.92 Å². The van der Waals surface area contributed by atoms with E-state index in [9.17, 15) is 4.79 Å². The zero-order valence-electron chi connectivity index (χ0n) is 11.4. The smallest absolute Gasteiger partial charge is 0.237 e. The number of para-hydroxylation sites is 1. The van der Waals surface area contributed by atoms with Crippen molar-refractivity contribution in [2.75, 3.05) is 6.54 Å². The Morgan fingerprint density at radius 3 is 2.84 bits per heavy atom. The lowest BCUT2D eigenvalue weighted by Gasteiger charge is -2.13. The molecule has 4 nitrogen and oxygen atoms in total. The monoisotopic (exact) mass is 259 g/mol. The Morgan fingerprint density at radius 1 is 1.37 bits per heavy atom. The summed E-state index contributed by atoms with van der Waals surface area (Å²) in [4.78, 5) is 15.1. The predicted octanol–water partition coefficient (Wildman–Crippen LogP) is 1.81. The second kappa shape index (κ2) is 5.89. The molecule has 1 aromatic heterocycles. The van der Waals surface area contributed by atoms with Gasteiger partial charge in [0.15, 0.2) is 0 Å². The first-order chi connectivity index (χ1) is 9.08. The minimum Gasteiger partial charge on any atom is -0.361 e. The molecule has 2 rings (SSSR count). The van der Waals surface area contributed by atoms with E-state index < -0.39 is 6.04 Å². The van der Waals surface area contributed by atoms with Crippen LogP contribution in [0.3, 0.4) is 0 Å².